The van der Waals surface area contributed by atoms with Gasteiger partial charge < -0.3 is 10.6 Å². The van der Waals surface area contributed by atoms with E-state index in [1.54, 1.807) is 0 Å². The number of benzene rings is 2. The number of likely N-dealkylation sites (tertiary alicyclic amines) is 1. The summed E-state index contributed by atoms with van der Waals surface area (Å²) in [6, 6.07) is 14.6. The van der Waals surface area contributed by atoms with Gasteiger partial charge in [-0.2, -0.15) is 0 Å². The van der Waals surface area contributed by atoms with Gasteiger partial charge in [0.2, 0.25) is 0 Å². The number of nitrogen functional groups attached to an aromatic ring is 1. The van der Waals surface area contributed by atoms with Gasteiger partial charge in [-0.15, -0.1) is 0 Å². The van der Waals surface area contributed by atoms with Crippen LogP contribution in [0.2, 0.25) is 0 Å². The van der Waals surface area contributed by atoms with Crippen molar-refractivity contribution in [3.05, 3.63) is 64.7 Å². The first-order chi connectivity index (χ1) is 11.1. The van der Waals surface area contributed by atoms with Gasteiger partial charge in [0.25, 0.3) is 5.91 Å². The van der Waals surface area contributed by atoms with Crippen LogP contribution in [0.15, 0.2) is 42.5 Å². The number of carbonyl (C=O) groups is 1. The molecule has 118 valence electrons. The minimum absolute atomic E-state index is 0.124. The van der Waals surface area contributed by atoms with Crippen LogP contribution in [0.5, 0.6) is 0 Å². The van der Waals surface area contributed by atoms with E-state index < -0.39 is 0 Å². The summed E-state index contributed by atoms with van der Waals surface area (Å²) < 4.78 is 0. The number of nitrogens with two attached hydrogens (primary N) is 1. The maximum atomic E-state index is 13.0. The highest BCUT2D eigenvalue weighted by atomic mass is 16.2. The number of fused-ring (bicyclic) bond motifs is 3. The summed E-state index contributed by atoms with van der Waals surface area (Å²) in [5, 5.41) is 0. The molecular weight excluding hydrogens is 284 g/mol. The fourth-order valence-corrected chi connectivity index (χ4v) is 4.17. The van der Waals surface area contributed by atoms with Crippen LogP contribution >= 0.6 is 0 Å². The zero-order valence-electron chi connectivity index (χ0n) is 13.5. The summed E-state index contributed by atoms with van der Waals surface area (Å²) in [4.78, 5) is 15.1. The third kappa shape index (κ3) is 2.31. The van der Waals surface area contributed by atoms with Crippen molar-refractivity contribution in [3.63, 3.8) is 0 Å². The quantitative estimate of drug-likeness (QED) is 0.819. The fraction of sp³-hybridized carbons (Fsp3) is 0.350. The molecule has 0 radical (unpaired) electrons. The third-order valence-electron chi connectivity index (χ3n) is 5.45. The second kappa shape index (κ2) is 5.41. The Balaban J connectivity index is 1.65. The highest BCUT2D eigenvalue weighted by Crippen LogP contribution is 2.42. The molecule has 0 aromatic heterocycles. The first-order valence-electron chi connectivity index (χ1n) is 8.40. The van der Waals surface area contributed by atoms with Crippen LogP contribution in [-0.4, -0.2) is 23.4 Å². The van der Waals surface area contributed by atoms with Gasteiger partial charge in [0.05, 0.1) is 0 Å². The third-order valence-corrected chi connectivity index (χ3v) is 5.45. The average Bonchev–Trinajstić information content (AvgIpc) is 2.95. The van der Waals surface area contributed by atoms with Crippen molar-refractivity contribution >= 4 is 11.6 Å². The first kappa shape index (κ1) is 14.3. The number of amides is 1. The molecule has 1 aliphatic carbocycles. The Morgan fingerprint density at radius 3 is 2.87 bits per heavy atom. The van der Waals surface area contributed by atoms with Gasteiger partial charge in [-0.05, 0) is 55.0 Å². The number of anilines is 1. The Morgan fingerprint density at radius 2 is 2.04 bits per heavy atom. The Bertz CT molecular complexity index is 768. The van der Waals surface area contributed by atoms with E-state index in [2.05, 4.69) is 29.2 Å². The molecule has 0 bridgehead atoms. The molecule has 1 saturated heterocycles. The molecule has 1 amide bonds. The topological polar surface area (TPSA) is 46.3 Å². The van der Waals surface area contributed by atoms with Crippen LogP contribution in [0, 0.1) is 6.92 Å². The summed E-state index contributed by atoms with van der Waals surface area (Å²) in [6.07, 6.45) is 3.23. The zero-order chi connectivity index (χ0) is 16.0. The Morgan fingerprint density at radius 1 is 1.22 bits per heavy atom. The van der Waals surface area contributed by atoms with Crippen molar-refractivity contribution in [3.8, 4) is 0 Å². The lowest BCUT2D eigenvalue weighted by molar-refractivity contribution is 0.0595. The second-order valence-electron chi connectivity index (χ2n) is 6.79. The van der Waals surface area contributed by atoms with Crippen molar-refractivity contribution in [2.45, 2.75) is 38.1 Å². The molecule has 4 rings (SSSR count). The van der Waals surface area contributed by atoms with Crippen molar-refractivity contribution in [1.29, 1.82) is 0 Å². The predicted molar refractivity (Wildman–Crippen MR) is 92.5 cm³/mol. The molecule has 1 fully saturated rings. The van der Waals surface area contributed by atoms with Crippen molar-refractivity contribution in [2.75, 3.05) is 12.3 Å². The Hall–Kier alpha value is -2.29. The summed E-state index contributed by atoms with van der Waals surface area (Å²) in [7, 11) is 0. The number of piperidine rings is 1. The van der Waals surface area contributed by atoms with Crippen LogP contribution in [0.3, 0.4) is 0 Å². The van der Waals surface area contributed by atoms with E-state index in [0.717, 1.165) is 24.9 Å². The lowest BCUT2D eigenvalue weighted by atomic mass is 9.88. The molecule has 1 heterocycles. The van der Waals surface area contributed by atoms with Crippen LogP contribution in [-0.2, 0) is 6.42 Å². The van der Waals surface area contributed by atoms with E-state index in [1.165, 1.54) is 17.5 Å². The van der Waals surface area contributed by atoms with Crippen LogP contribution in [0.4, 0.5) is 5.69 Å². The molecule has 3 nitrogen and oxygen atoms in total. The average molecular weight is 306 g/mol. The first-order valence-corrected chi connectivity index (χ1v) is 8.40. The number of nitrogens with zero attached hydrogens (tertiary/aromatic N) is 1. The number of aryl methyl sites for hydroxylation is 1. The summed E-state index contributed by atoms with van der Waals surface area (Å²) in [6.45, 7) is 2.82. The van der Waals surface area contributed by atoms with E-state index in [1.807, 2.05) is 25.1 Å². The van der Waals surface area contributed by atoms with E-state index in [9.17, 15) is 4.79 Å². The molecule has 2 aromatic carbocycles. The Kier molecular flexibility index (Phi) is 3.37. The van der Waals surface area contributed by atoms with E-state index in [4.69, 9.17) is 5.73 Å². The fourth-order valence-electron chi connectivity index (χ4n) is 4.17. The standard InChI is InChI=1S/C20H22N2O/c1-13-8-9-15(11-18(13)21)20(23)22-10-4-7-17-16-6-3-2-5-14(16)12-19(17)22/h2-3,5-6,8-9,11,17,19H,4,7,10,12,21H2,1H3/t17-,19+/m0/s1. The minimum Gasteiger partial charge on any atom is -0.398 e. The lowest BCUT2D eigenvalue weighted by Crippen LogP contribution is -2.46. The highest BCUT2D eigenvalue weighted by molar-refractivity contribution is 5.95. The molecule has 0 saturated carbocycles. The normalized spacial score (nSPS) is 22.6. The van der Waals surface area contributed by atoms with Gasteiger partial charge in [0.1, 0.15) is 0 Å². The lowest BCUT2D eigenvalue weighted by Gasteiger charge is -2.38. The smallest absolute Gasteiger partial charge is 0.254 e. The van der Waals surface area contributed by atoms with E-state index in [-0.39, 0.29) is 5.91 Å². The molecular formula is C20H22N2O. The second-order valence-corrected chi connectivity index (χ2v) is 6.79. The summed E-state index contributed by atoms with van der Waals surface area (Å²) >= 11 is 0. The summed E-state index contributed by atoms with van der Waals surface area (Å²) in [5.41, 5.74) is 11.3. The molecule has 2 N–H and O–H groups in total. The summed E-state index contributed by atoms with van der Waals surface area (Å²) in [5.74, 6) is 0.617. The van der Waals surface area contributed by atoms with Gasteiger partial charge in [-0.25, -0.2) is 0 Å². The van der Waals surface area contributed by atoms with Gasteiger partial charge in [0.15, 0.2) is 0 Å². The van der Waals surface area contributed by atoms with Crippen LogP contribution < -0.4 is 5.73 Å². The SMILES string of the molecule is Cc1ccc(C(=O)N2CCC[C@H]3c4ccccc4C[C@H]32)cc1N. The van der Waals surface area contributed by atoms with Gasteiger partial charge in [0, 0.05) is 29.8 Å². The Labute approximate surface area is 137 Å². The number of carbonyl (C=O) groups excluding carboxylic acids is 1. The van der Waals surface area contributed by atoms with Crippen LogP contribution in [0.1, 0.15) is 45.8 Å². The predicted octanol–water partition coefficient (Wildman–Crippen LogP) is 3.52. The van der Waals surface area contributed by atoms with Crippen molar-refractivity contribution < 1.29 is 4.79 Å². The molecule has 1 aliphatic heterocycles. The minimum atomic E-state index is 0.124. The van der Waals surface area contributed by atoms with E-state index in [0.29, 0.717) is 23.2 Å². The van der Waals surface area contributed by atoms with Gasteiger partial charge in [-0.1, -0.05) is 30.3 Å². The zero-order valence-corrected chi connectivity index (χ0v) is 13.5. The van der Waals surface area contributed by atoms with Crippen molar-refractivity contribution in [2.24, 2.45) is 0 Å². The largest absolute Gasteiger partial charge is 0.398 e. The maximum Gasteiger partial charge on any atom is 0.254 e. The molecule has 23 heavy (non-hydrogen) atoms. The highest BCUT2D eigenvalue weighted by Gasteiger charge is 2.40. The molecule has 0 unspecified atom stereocenters. The monoisotopic (exact) mass is 306 g/mol. The van der Waals surface area contributed by atoms with Crippen LogP contribution in [0.25, 0.3) is 0 Å². The molecule has 0 spiro atoms. The molecule has 2 atom stereocenters. The molecule has 2 aliphatic rings. The van der Waals surface area contributed by atoms with E-state index >= 15 is 0 Å². The maximum absolute atomic E-state index is 13.0. The van der Waals surface area contributed by atoms with Gasteiger partial charge in [-0.3, -0.25) is 4.79 Å². The van der Waals surface area contributed by atoms with Crippen molar-refractivity contribution in [1.82, 2.24) is 4.90 Å². The number of rotatable bonds is 1. The molecule has 2 aromatic rings. The van der Waals surface area contributed by atoms with Gasteiger partial charge >= 0.3 is 0 Å². The molecule has 3 heteroatoms. The number of hydrogen-bond donors (Lipinski definition) is 1. The number of hydrogen-bond acceptors (Lipinski definition) is 2.